The predicted molar refractivity (Wildman–Crippen MR) is 293 cm³/mol. The molecule has 0 bridgehead atoms. The summed E-state index contributed by atoms with van der Waals surface area (Å²) in [7, 11) is 0. The third-order valence-corrected chi connectivity index (χ3v) is 14.0. The van der Waals surface area contributed by atoms with Gasteiger partial charge in [0, 0.05) is 19.3 Å². The molecule has 0 fully saturated rings. The van der Waals surface area contributed by atoms with E-state index in [-0.39, 0.29) is 31.1 Å². The number of hydrogen-bond acceptors (Lipinski definition) is 6. The van der Waals surface area contributed by atoms with Crippen LogP contribution in [0.15, 0.2) is 12.2 Å². The van der Waals surface area contributed by atoms with Crippen LogP contribution in [0.1, 0.15) is 348 Å². The van der Waals surface area contributed by atoms with E-state index in [1.54, 1.807) is 0 Å². The number of esters is 3. The van der Waals surface area contributed by atoms with Gasteiger partial charge in [0.1, 0.15) is 13.2 Å². The minimum Gasteiger partial charge on any atom is -0.462 e. The lowest BCUT2D eigenvalue weighted by molar-refractivity contribution is -0.167. The molecule has 402 valence electrons. The van der Waals surface area contributed by atoms with Crippen molar-refractivity contribution >= 4 is 17.9 Å². The second kappa shape index (κ2) is 57.7. The number of allylic oxidation sites excluding steroid dienone is 2. The van der Waals surface area contributed by atoms with Crippen LogP contribution in [0.2, 0.25) is 0 Å². The highest BCUT2D eigenvalue weighted by atomic mass is 16.6. The Morgan fingerprint density at radius 2 is 0.485 bits per heavy atom. The SMILES string of the molecule is CCCCCCCC/C=C\CCCCCCCCCCCCCC(=O)OC[C@H](COC(=O)CCCCCCCCCCCCCCCCCCC)OC(=O)CCCCCCCCCCCCCC. The normalized spacial score (nSPS) is 12.0. The van der Waals surface area contributed by atoms with Gasteiger partial charge in [-0.1, -0.05) is 296 Å². The van der Waals surface area contributed by atoms with Crippen LogP contribution in [-0.2, 0) is 28.6 Å². The molecule has 0 saturated carbocycles. The Bertz CT molecular complexity index is 1060. The fraction of sp³-hybridized carbons (Fsp3) is 0.919. The van der Waals surface area contributed by atoms with Crippen LogP contribution in [-0.4, -0.2) is 37.2 Å². The number of unbranched alkanes of at least 4 members (excludes halogenated alkanes) is 44. The molecule has 0 saturated heterocycles. The zero-order chi connectivity index (χ0) is 49.3. The first-order valence-corrected chi connectivity index (χ1v) is 30.7. The Kier molecular flexibility index (Phi) is 56.2. The average molecular weight is 960 g/mol. The number of hydrogen-bond donors (Lipinski definition) is 0. The van der Waals surface area contributed by atoms with E-state index in [0.717, 1.165) is 57.8 Å². The van der Waals surface area contributed by atoms with E-state index < -0.39 is 6.10 Å². The maximum atomic E-state index is 12.8. The van der Waals surface area contributed by atoms with Crippen molar-refractivity contribution in [3.8, 4) is 0 Å². The van der Waals surface area contributed by atoms with E-state index in [1.165, 1.54) is 250 Å². The van der Waals surface area contributed by atoms with Crippen molar-refractivity contribution in [3.63, 3.8) is 0 Å². The lowest BCUT2D eigenvalue weighted by atomic mass is 10.0. The van der Waals surface area contributed by atoms with Crippen molar-refractivity contribution in [1.29, 1.82) is 0 Å². The van der Waals surface area contributed by atoms with Gasteiger partial charge in [-0.25, -0.2) is 0 Å². The summed E-state index contributed by atoms with van der Waals surface area (Å²) in [6.07, 6.45) is 66.4. The predicted octanol–water partition coefficient (Wildman–Crippen LogP) is 20.5. The van der Waals surface area contributed by atoms with E-state index in [4.69, 9.17) is 14.2 Å². The lowest BCUT2D eigenvalue weighted by Crippen LogP contribution is -2.30. The molecule has 68 heavy (non-hydrogen) atoms. The molecule has 6 nitrogen and oxygen atoms in total. The highest BCUT2D eigenvalue weighted by Gasteiger charge is 2.19. The maximum Gasteiger partial charge on any atom is 0.306 e. The second-order valence-electron chi connectivity index (χ2n) is 21.0. The Hall–Kier alpha value is -1.85. The third-order valence-electron chi connectivity index (χ3n) is 14.0. The largest absolute Gasteiger partial charge is 0.462 e. The van der Waals surface area contributed by atoms with Crippen molar-refractivity contribution in [1.82, 2.24) is 0 Å². The molecular formula is C62H118O6. The first kappa shape index (κ1) is 66.2. The molecule has 0 heterocycles. The fourth-order valence-corrected chi connectivity index (χ4v) is 9.38. The summed E-state index contributed by atoms with van der Waals surface area (Å²) >= 11 is 0. The van der Waals surface area contributed by atoms with Gasteiger partial charge in [0.25, 0.3) is 0 Å². The van der Waals surface area contributed by atoms with Crippen molar-refractivity contribution < 1.29 is 28.6 Å². The molecule has 0 aliphatic rings. The van der Waals surface area contributed by atoms with Crippen LogP contribution in [0.4, 0.5) is 0 Å². The Morgan fingerprint density at radius 1 is 0.279 bits per heavy atom. The van der Waals surface area contributed by atoms with E-state index in [1.807, 2.05) is 0 Å². The van der Waals surface area contributed by atoms with Gasteiger partial charge in [-0.05, 0) is 44.9 Å². The van der Waals surface area contributed by atoms with Crippen LogP contribution in [0.5, 0.6) is 0 Å². The molecular weight excluding hydrogens is 841 g/mol. The highest BCUT2D eigenvalue weighted by molar-refractivity contribution is 5.71. The molecule has 6 heteroatoms. The van der Waals surface area contributed by atoms with Crippen molar-refractivity contribution in [3.05, 3.63) is 12.2 Å². The van der Waals surface area contributed by atoms with Crippen LogP contribution in [0, 0.1) is 0 Å². The third kappa shape index (κ3) is 55.1. The van der Waals surface area contributed by atoms with Crippen LogP contribution in [0.3, 0.4) is 0 Å². The Balaban J connectivity index is 4.23. The smallest absolute Gasteiger partial charge is 0.306 e. The molecule has 0 rings (SSSR count). The lowest BCUT2D eigenvalue weighted by Gasteiger charge is -2.18. The summed E-state index contributed by atoms with van der Waals surface area (Å²) in [6, 6.07) is 0. The quantitative estimate of drug-likeness (QED) is 0.0262. The highest BCUT2D eigenvalue weighted by Crippen LogP contribution is 2.18. The fourth-order valence-electron chi connectivity index (χ4n) is 9.38. The summed E-state index contributed by atoms with van der Waals surface area (Å²) in [5, 5.41) is 0. The minimum absolute atomic E-state index is 0.0635. The van der Waals surface area contributed by atoms with Gasteiger partial charge in [-0.2, -0.15) is 0 Å². The van der Waals surface area contributed by atoms with E-state index in [9.17, 15) is 14.4 Å². The Labute approximate surface area is 424 Å². The summed E-state index contributed by atoms with van der Waals surface area (Å²) in [4.78, 5) is 38.2. The topological polar surface area (TPSA) is 78.9 Å². The molecule has 0 aliphatic carbocycles. The number of ether oxygens (including phenoxy) is 3. The van der Waals surface area contributed by atoms with Gasteiger partial charge in [-0.15, -0.1) is 0 Å². The van der Waals surface area contributed by atoms with Crippen molar-refractivity contribution in [2.75, 3.05) is 13.2 Å². The summed E-state index contributed by atoms with van der Waals surface area (Å²) in [6.45, 7) is 6.70. The second-order valence-corrected chi connectivity index (χ2v) is 21.0. The van der Waals surface area contributed by atoms with Crippen LogP contribution in [0.25, 0.3) is 0 Å². The summed E-state index contributed by atoms with van der Waals surface area (Å²) in [5.74, 6) is -0.837. The summed E-state index contributed by atoms with van der Waals surface area (Å²) < 4.78 is 16.9. The molecule has 0 amide bonds. The molecule has 0 N–H and O–H groups in total. The average Bonchev–Trinajstić information content (AvgIpc) is 3.34. The van der Waals surface area contributed by atoms with Crippen LogP contribution < -0.4 is 0 Å². The zero-order valence-corrected chi connectivity index (χ0v) is 46.2. The van der Waals surface area contributed by atoms with Gasteiger partial charge in [-0.3, -0.25) is 14.4 Å². The molecule has 0 aromatic rings. The zero-order valence-electron chi connectivity index (χ0n) is 46.2. The van der Waals surface area contributed by atoms with Gasteiger partial charge < -0.3 is 14.2 Å². The molecule has 0 unspecified atom stereocenters. The van der Waals surface area contributed by atoms with E-state index in [2.05, 4.69) is 32.9 Å². The van der Waals surface area contributed by atoms with E-state index in [0.29, 0.717) is 19.3 Å². The van der Waals surface area contributed by atoms with Gasteiger partial charge in [0.2, 0.25) is 0 Å². The molecule has 0 aliphatic heterocycles. The number of rotatable bonds is 57. The maximum absolute atomic E-state index is 12.8. The molecule has 0 aromatic heterocycles. The Morgan fingerprint density at radius 3 is 0.735 bits per heavy atom. The van der Waals surface area contributed by atoms with Crippen molar-refractivity contribution in [2.45, 2.75) is 354 Å². The first-order valence-electron chi connectivity index (χ1n) is 30.7. The minimum atomic E-state index is -0.764. The monoisotopic (exact) mass is 959 g/mol. The van der Waals surface area contributed by atoms with Crippen LogP contribution >= 0.6 is 0 Å². The first-order chi connectivity index (χ1) is 33.5. The molecule has 0 aromatic carbocycles. The standard InChI is InChI=1S/C62H118O6/c1-4-7-10-13-16-19-22-25-27-29-30-31-32-34-36-38-41-43-46-49-52-55-61(64)67-58-59(68-62(65)56-53-50-47-44-39-24-21-18-15-12-9-6-3)57-66-60(63)54-51-48-45-42-40-37-35-33-28-26-23-20-17-14-11-8-5-2/h25,27,59H,4-24,26,28-58H2,1-3H3/b27-25-/t59-/m0/s1. The molecule has 1 atom stereocenters. The van der Waals surface area contributed by atoms with Gasteiger partial charge in [0.15, 0.2) is 6.10 Å². The van der Waals surface area contributed by atoms with Crippen molar-refractivity contribution in [2.24, 2.45) is 0 Å². The van der Waals surface area contributed by atoms with Gasteiger partial charge in [0.05, 0.1) is 0 Å². The summed E-state index contributed by atoms with van der Waals surface area (Å²) in [5.41, 5.74) is 0. The number of carbonyl (C=O) groups excluding carboxylic acids is 3. The molecule has 0 spiro atoms. The van der Waals surface area contributed by atoms with E-state index >= 15 is 0 Å². The molecule has 0 radical (unpaired) electrons. The van der Waals surface area contributed by atoms with Gasteiger partial charge >= 0.3 is 17.9 Å². The number of carbonyl (C=O) groups is 3.